The Morgan fingerprint density at radius 1 is 1.45 bits per heavy atom. The average molecular weight is 318 g/mol. The predicted octanol–water partition coefficient (Wildman–Crippen LogP) is 4.69. The van der Waals surface area contributed by atoms with E-state index in [1.54, 1.807) is 17.8 Å². The summed E-state index contributed by atoms with van der Waals surface area (Å²) in [6, 6.07) is 5.60. The van der Waals surface area contributed by atoms with E-state index in [9.17, 15) is 0 Å². The first-order valence-electron chi connectivity index (χ1n) is 7.07. The summed E-state index contributed by atoms with van der Waals surface area (Å²) in [4.78, 5) is 8.85. The summed E-state index contributed by atoms with van der Waals surface area (Å²) in [5.74, 6) is 1.80. The van der Waals surface area contributed by atoms with Crippen LogP contribution in [-0.2, 0) is 0 Å². The Labute approximate surface area is 135 Å². The second-order valence-corrected chi connectivity index (χ2v) is 5.63. The molecule has 1 aromatic carbocycles. The first-order valence-corrected chi connectivity index (χ1v) is 7.45. The molecule has 2 aromatic rings. The Balaban J connectivity index is 2.60. The molecule has 5 heteroatoms. The van der Waals surface area contributed by atoms with Crippen LogP contribution in [0, 0.1) is 5.92 Å². The SMILES string of the molecule is C=CC(=N/C=C(\C)C(C)C)n1c(Cl)nc2ccc(OC)cc21. The maximum absolute atomic E-state index is 6.28. The lowest BCUT2D eigenvalue weighted by molar-refractivity contribution is 0.415. The normalized spacial score (nSPS) is 13.0. The Hall–Kier alpha value is -2.07. The van der Waals surface area contributed by atoms with Crippen molar-refractivity contribution in [3.05, 3.63) is 47.9 Å². The van der Waals surface area contributed by atoms with Crippen molar-refractivity contribution in [1.82, 2.24) is 9.55 Å². The molecule has 0 saturated carbocycles. The van der Waals surface area contributed by atoms with Crippen LogP contribution in [0.25, 0.3) is 11.0 Å². The van der Waals surface area contributed by atoms with Crippen LogP contribution in [-0.4, -0.2) is 22.5 Å². The van der Waals surface area contributed by atoms with Crippen LogP contribution < -0.4 is 4.74 Å². The number of aromatic nitrogens is 2. The second kappa shape index (κ2) is 6.79. The molecule has 0 saturated heterocycles. The first kappa shape index (κ1) is 16.3. The summed E-state index contributed by atoms with van der Waals surface area (Å²) >= 11 is 6.28. The second-order valence-electron chi connectivity index (χ2n) is 5.29. The van der Waals surface area contributed by atoms with E-state index in [4.69, 9.17) is 16.3 Å². The van der Waals surface area contributed by atoms with Gasteiger partial charge in [0.15, 0.2) is 0 Å². The van der Waals surface area contributed by atoms with Gasteiger partial charge in [-0.15, -0.1) is 0 Å². The number of hydrogen-bond acceptors (Lipinski definition) is 3. The molecule has 22 heavy (non-hydrogen) atoms. The maximum Gasteiger partial charge on any atom is 0.209 e. The zero-order valence-corrected chi connectivity index (χ0v) is 14.1. The molecule has 0 aliphatic heterocycles. The highest BCUT2D eigenvalue weighted by atomic mass is 35.5. The fraction of sp³-hybridized carbons (Fsp3) is 0.294. The van der Waals surface area contributed by atoms with Gasteiger partial charge in [0, 0.05) is 12.3 Å². The van der Waals surface area contributed by atoms with Crippen molar-refractivity contribution in [2.45, 2.75) is 20.8 Å². The number of hydrogen-bond donors (Lipinski definition) is 0. The van der Waals surface area contributed by atoms with Crippen LogP contribution in [0.3, 0.4) is 0 Å². The molecule has 0 fully saturated rings. The number of allylic oxidation sites excluding steroid dienone is 2. The van der Waals surface area contributed by atoms with E-state index in [1.165, 1.54) is 5.57 Å². The number of ether oxygens (including phenoxy) is 1. The largest absolute Gasteiger partial charge is 0.497 e. The monoisotopic (exact) mass is 317 g/mol. The highest BCUT2D eigenvalue weighted by molar-refractivity contribution is 6.31. The zero-order valence-electron chi connectivity index (χ0n) is 13.3. The van der Waals surface area contributed by atoms with Crippen LogP contribution in [0.15, 0.2) is 47.6 Å². The highest BCUT2D eigenvalue weighted by Gasteiger charge is 2.12. The van der Waals surface area contributed by atoms with Crippen LogP contribution in [0.1, 0.15) is 20.8 Å². The van der Waals surface area contributed by atoms with E-state index in [2.05, 4.69) is 30.4 Å². The van der Waals surface area contributed by atoms with Crippen LogP contribution in [0.4, 0.5) is 0 Å². The van der Waals surface area contributed by atoms with Gasteiger partial charge in [0.25, 0.3) is 0 Å². The van der Waals surface area contributed by atoms with Crippen molar-refractivity contribution in [2.24, 2.45) is 10.9 Å². The molecule has 1 heterocycles. The molecule has 116 valence electrons. The Morgan fingerprint density at radius 3 is 2.77 bits per heavy atom. The molecule has 0 unspecified atom stereocenters. The summed E-state index contributed by atoms with van der Waals surface area (Å²) in [6.45, 7) is 10.1. The molecule has 0 N–H and O–H groups in total. The van der Waals surface area contributed by atoms with E-state index in [1.807, 2.05) is 31.3 Å². The highest BCUT2D eigenvalue weighted by Crippen LogP contribution is 2.24. The van der Waals surface area contributed by atoms with Crippen molar-refractivity contribution in [1.29, 1.82) is 0 Å². The van der Waals surface area contributed by atoms with Gasteiger partial charge < -0.3 is 4.74 Å². The molecule has 0 spiro atoms. The summed E-state index contributed by atoms with van der Waals surface area (Å²) < 4.78 is 7.03. The molecule has 0 amide bonds. The molecule has 0 aliphatic rings. The third-order valence-corrected chi connectivity index (χ3v) is 3.80. The van der Waals surface area contributed by atoms with Gasteiger partial charge in [0.2, 0.25) is 5.28 Å². The summed E-state index contributed by atoms with van der Waals surface area (Å²) in [6.07, 6.45) is 3.50. The smallest absolute Gasteiger partial charge is 0.209 e. The van der Waals surface area contributed by atoms with Crippen molar-refractivity contribution < 1.29 is 4.74 Å². The molecular formula is C17H20ClN3O. The van der Waals surface area contributed by atoms with Gasteiger partial charge in [-0.2, -0.15) is 0 Å². The average Bonchev–Trinajstić information content (AvgIpc) is 2.83. The van der Waals surface area contributed by atoms with Gasteiger partial charge in [0.05, 0.1) is 18.1 Å². The fourth-order valence-electron chi connectivity index (χ4n) is 1.89. The standard InChI is InChI=1S/C17H20ClN3O/c1-6-16(19-10-12(4)11(2)3)21-15-9-13(22-5)7-8-14(15)20-17(21)18/h6-11H,1H2,2-5H3/b12-10+,19-16?. The minimum Gasteiger partial charge on any atom is -0.497 e. The minimum absolute atomic E-state index is 0.345. The lowest BCUT2D eigenvalue weighted by Gasteiger charge is -2.07. The summed E-state index contributed by atoms with van der Waals surface area (Å²) in [7, 11) is 1.63. The Morgan fingerprint density at radius 2 is 2.18 bits per heavy atom. The lowest BCUT2D eigenvalue weighted by atomic mass is 10.1. The van der Waals surface area contributed by atoms with E-state index in [0.717, 1.165) is 16.8 Å². The van der Waals surface area contributed by atoms with Gasteiger partial charge in [-0.25, -0.2) is 9.98 Å². The molecule has 0 bridgehead atoms. The number of methoxy groups -OCH3 is 1. The van der Waals surface area contributed by atoms with Gasteiger partial charge >= 0.3 is 0 Å². The van der Waals surface area contributed by atoms with Gasteiger partial charge in [-0.05, 0) is 42.7 Å². The van der Waals surface area contributed by atoms with Gasteiger partial charge in [0.1, 0.15) is 11.6 Å². The first-order chi connectivity index (χ1) is 10.5. The number of fused-ring (bicyclic) bond motifs is 1. The molecule has 2 rings (SSSR count). The molecular weight excluding hydrogens is 298 g/mol. The third kappa shape index (κ3) is 3.22. The van der Waals surface area contributed by atoms with Crippen LogP contribution in [0.5, 0.6) is 5.75 Å². The number of rotatable bonds is 4. The third-order valence-electron chi connectivity index (χ3n) is 3.54. The Bertz CT molecular complexity index is 757. The molecule has 1 aromatic heterocycles. The number of halogens is 1. The predicted molar refractivity (Wildman–Crippen MR) is 92.9 cm³/mol. The van der Waals surface area contributed by atoms with Crippen molar-refractivity contribution in [2.75, 3.05) is 7.11 Å². The number of benzene rings is 1. The van der Waals surface area contributed by atoms with E-state index < -0.39 is 0 Å². The topological polar surface area (TPSA) is 39.4 Å². The lowest BCUT2D eigenvalue weighted by Crippen LogP contribution is -2.08. The molecule has 0 radical (unpaired) electrons. The number of nitrogens with zero attached hydrogens (tertiary/aromatic N) is 3. The van der Waals surface area contributed by atoms with Gasteiger partial charge in [-0.3, -0.25) is 4.57 Å². The fourth-order valence-corrected chi connectivity index (χ4v) is 2.16. The van der Waals surface area contributed by atoms with Crippen molar-refractivity contribution >= 4 is 28.5 Å². The van der Waals surface area contributed by atoms with Crippen LogP contribution >= 0.6 is 11.6 Å². The molecule has 4 nitrogen and oxygen atoms in total. The summed E-state index contributed by atoms with van der Waals surface area (Å²) in [5, 5.41) is 0.345. The number of imidazole rings is 1. The maximum atomic E-state index is 6.28. The molecule has 0 atom stereocenters. The minimum atomic E-state index is 0.345. The van der Waals surface area contributed by atoms with Crippen molar-refractivity contribution in [3.63, 3.8) is 0 Å². The number of aliphatic imine (C=N–C) groups is 1. The zero-order chi connectivity index (χ0) is 16.3. The van der Waals surface area contributed by atoms with E-state index in [-0.39, 0.29) is 0 Å². The van der Waals surface area contributed by atoms with Gasteiger partial charge in [-0.1, -0.05) is 26.0 Å². The van der Waals surface area contributed by atoms with E-state index in [0.29, 0.717) is 17.0 Å². The van der Waals surface area contributed by atoms with Crippen LogP contribution in [0.2, 0.25) is 5.28 Å². The Kier molecular flexibility index (Phi) is 5.03. The van der Waals surface area contributed by atoms with Crippen molar-refractivity contribution in [3.8, 4) is 5.75 Å². The quantitative estimate of drug-likeness (QED) is 0.606. The summed E-state index contributed by atoms with van der Waals surface area (Å²) in [5.41, 5.74) is 2.79. The molecule has 0 aliphatic carbocycles. The van der Waals surface area contributed by atoms with E-state index >= 15 is 0 Å².